The maximum absolute atomic E-state index is 12.2. The van der Waals surface area contributed by atoms with Gasteiger partial charge < -0.3 is 15.4 Å². The number of ether oxygens (including phenoxy) is 1. The van der Waals surface area contributed by atoms with Crippen molar-refractivity contribution in [3.63, 3.8) is 0 Å². The number of amides is 1. The van der Waals surface area contributed by atoms with Crippen LogP contribution in [0, 0.1) is 20.8 Å². The molecule has 0 radical (unpaired) electrons. The molecular weight excluding hydrogens is 350 g/mol. The number of carbonyl (C=O) groups is 1. The molecule has 5 heteroatoms. The van der Waals surface area contributed by atoms with Gasteiger partial charge in [0.1, 0.15) is 11.6 Å². The number of hydrogen-bond donors (Lipinski definition) is 2. The molecular formula is C23H25N3O2. The third-order valence-corrected chi connectivity index (χ3v) is 4.50. The van der Waals surface area contributed by atoms with Crippen molar-refractivity contribution in [2.75, 3.05) is 17.7 Å². The topological polar surface area (TPSA) is 63.2 Å². The van der Waals surface area contributed by atoms with E-state index in [0.717, 1.165) is 22.8 Å². The van der Waals surface area contributed by atoms with Crippen molar-refractivity contribution in [3.05, 3.63) is 77.0 Å². The normalized spacial score (nSPS) is 10.4. The van der Waals surface area contributed by atoms with Gasteiger partial charge in [0.05, 0.1) is 25.4 Å². The van der Waals surface area contributed by atoms with E-state index in [2.05, 4.69) is 48.5 Å². The van der Waals surface area contributed by atoms with Crippen molar-refractivity contribution in [2.45, 2.75) is 27.2 Å². The van der Waals surface area contributed by atoms with E-state index in [4.69, 9.17) is 4.74 Å². The summed E-state index contributed by atoms with van der Waals surface area (Å²) >= 11 is 0. The maximum atomic E-state index is 12.2. The summed E-state index contributed by atoms with van der Waals surface area (Å²) in [5.74, 6) is 1.43. The summed E-state index contributed by atoms with van der Waals surface area (Å²) in [6.07, 6.45) is 1.96. The van der Waals surface area contributed by atoms with E-state index in [-0.39, 0.29) is 5.91 Å². The zero-order chi connectivity index (χ0) is 20.1. The molecule has 0 saturated carbocycles. The van der Waals surface area contributed by atoms with Crippen LogP contribution in [0.2, 0.25) is 0 Å². The average molecular weight is 375 g/mol. The van der Waals surface area contributed by atoms with Gasteiger partial charge in [-0.05, 0) is 61.7 Å². The minimum Gasteiger partial charge on any atom is -0.497 e. The first-order chi connectivity index (χ1) is 13.4. The predicted octanol–water partition coefficient (Wildman–Crippen LogP) is 4.94. The number of nitrogens with one attached hydrogen (secondary N) is 2. The van der Waals surface area contributed by atoms with Crippen LogP contribution in [0.3, 0.4) is 0 Å². The van der Waals surface area contributed by atoms with Crippen LogP contribution in [-0.2, 0) is 11.2 Å². The van der Waals surface area contributed by atoms with Crippen LogP contribution in [0.5, 0.6) is 5.75 Å². The van der Waals surface area contributed by atoms with E-state index < -0.39 is 0 Å². The lowest BCUT2D eigenvalue weighted by Crippen LogP contribution is -2.14. The van der Waals surface area contributed by atoms with E-state index in [1.807, 2.05) is 36.4 Å². The third-order valence-electron chi connectivity index (χ3n) is 4.50. The Morgan fingerprint density at radius 2 is 1.68 bits per heavy atom. The van der Waals surface area contributed by atoms with E-state index in [1.165, 1.54) is 16.7 Å². The summed E-state index contributed by atoms with van der Waals surface area (Å²) in [6, 6.07) is 15.5. The van der Waals surface area contributed by atoms with Gasteiger partial charge in [0, 0.05) is 5.69 Å². The first-order valence-electron chi connectivity index (χ1n) is 9.18. The molecule has 0 unspecified atom stereocenters. The standard InChI is InChI=1S/C23H25N3O2/c1-15-11-16(2)23(17(3)12-15)26-21-10-7-19(14-24-21)25-22(27)13-18-5-8-20(28-4)9-6-18/h5-12,14H,13H2,1-4H3,(H,24,26)(H,25,27). The lowest BCUT2D eigenvalue weighted by molar-refractivity contribution is -0.115. The Hall–Kier alpha value is -3.34. The van der Waals surface area contributed by atoms with E-state index >= 15 is 0 Å². The molecule has 1 heterocycles. The third kappa shape index (κ3) is 4.88. The Morgan fingerprint density at radius 1 is 1.00 bits per heavy atom. The fourth-order valence-corrected chi connectivity index (χ4v) is 3.18. The summed E-state index contributed by atoms with van der Waals surface area (Å²) in [4.78, 5) is 16.7. The molecule has 0 aliphatic carbocycles. The van der Waals surface area contributed by atoms with E-state index in [9.17, 15) is 4.79 Å². The van der Waals surface area contributed by atoms with Crippen molar-refractivity contribution in [1.82, 2.24) is 4.98 Å². The van der Waals surface area contributed by atoms with E-state index in [1.54, 1.807) is 13.3 Å². The van der Waals surface area contributed by atoms with Gasteiger partial charge in [-0.3, -0.25) is 4.79 Å². The van der Waals surface area contributed by atoms with Crippen LogP contribution in [0.25, 0.3) is 0 Å². The molecule has 0 aliphatic heterocycles. The first kappa shape index (κ1) is 19.4. The van der Waals surface area contributed by atoms with Crippen molar-refractivity contribution in [1.29, 1.82) is 0 Å². The van der Waals surface area contributed by atoms with Gasteiger partial charge >= 0.3 is 0 Å². The minimum atomic E-state index is -0.0853. The number of methoxy groups -OCH3 is 1. The molecule has 0 aliphatic rings. The Kier molecular flexibility index (Phi) is 5.94. The summed E-state index contributed by atoms with van der Waals surface area (Å²) in [6.45, 7) is 6.25. The summed E-state index contributed by atoms with van der Waals surface area (Å²) in [7, 11) is 1.62. The molecule has 0 fully saturated rings. The van der Waals surface area contributed by atoms with Gasteiger partial charge in [-0.1, -0.05) is 29.8 Å². The lowest BCUT2D eigenvalue weighted by Gasteiger charge is -2.13. The molecule has 0 saturated heterocycles. The number of carbonyl (C=O) groups excluding carboxylic acids is 1. The maximum Gasteiger partial charge on any atom is 0.228 e. The average Bonchev–Trinajstić information content (AvgIpc) is 2.66. The van der Waals surface area contributed by atoms with E-state index in [0.29, 0.717) is 12.1 Å². The fourth-order valence-electron chi connectivity index (χ4n) is 3.18. The van der Waals surface area contributed by atoms with Crippen LogP contribution in [0.4, 0.5) is 17.2 Å². The Labute approximate surface area is 165 Å². The monoisotopic (exact) mass is 375 g/mol. The van der Waals surface area contributed by atoms with Crippen LogP contribution >= 0.6 is 0 Å². The van der Waals surface area contributed by atoms with Crippen molar-refractivity contribution < 1.29 is 9.53 Å². The number of aromatic nitrogens is 1. The molecule has 2 N–H and O–H groups in total. The van der Waals surface area contributed by atoms with Crippen molar-refractivity contribution >= 4 is 23.1 Å². The second kappa shape index (κ2) is 8.57. The zero-order valence-electron chi connectivity index (χ0n) is 16.7. The highest BCUT2D eigenvalue weighted by atomic mass is 16.5. The quantitative estimate of drug-likeness (QED) is 0.640. The molecule has 0 bridgehead atoms. The summed E-state index contributed by atoms with van der Waals surface area (Å²) in [5.41, 5.74) is 6.25. The molecule has 2 aromatic carbocycles. The van der Waals surface area contributed by atoms with Crippen LogP contribution in [-0.4, -0.2) is 18.0 Å². The molecule has 0 spiro atoms. The van der Waals surface area contributed by atoms with Gasteiger partial charge in [0.15, 0.2) is 0 Å². The number of aryl methyl sites for hydroxylation is 3. The summed E-state index contributed by atoms with van der Waals surface area (Å²) in [5, 5.41) is 6.24. The smallest absolute Gasteiger partial charge is 0.228 e. The van der Waals surface area contributed by atoms with Crippen LogP contribution < -0.4 is 15.4 Å². The van der Waals surface area contributed by atoms with Crippen LogP contribution in [0.15, 0.2) is 54.7 Å². The molecule has 28 heavy (non-hydrogen) atoms. The lowest BCUT2D eigenvalue weighted by atomic mass is 10.1. The highest BCUT2D eigenvalue weighted by Gasteiger charge is 2.07. The predicted molar refractivity (Wildman–Crippen MR) is 114 cm³/mol. The Balaban J connectivity index is 1.61. The molecule has 5 nitrogen and oxygen atoms in total. The van der Waals surface area contributed by atoms with Crippen LogP contribution in [0.1, 0.15) is 22.3 Å². The zero-order valence-corrected chi connectivity index (χ0v) is 16.7. The largest absolute Gasteiger partial charge is 0.497 e. The first-order valence-corrected chi connectivity index (χ1v) is 9.18. The molecule has 0 atom stereocenters. The number of anilines is 3. The van der Waals surface area contributed by atoms with Gasteiger partial charge in [-0.25, -0.2) is 4.98 Å². The Morgan fingerprint density at radius 3 is 2.25 bits per heavy atom. The number of pyridine rings is 1. The summed E-state index contributed by atoms with van der Waals surface area (Å²) < 4.78 is 5.13. The second-order valence-corrected chi connectivity index (χ2v) is 6.90. The minimum absolute atomic E-state index is 0.0853. The molecule has 3 rings (SSSR count). The molecule has 1 amide bonds. The highest BCUT2D eigenvalue weighted by molar-refractivity contribution is 5.92. The SMILES string of the molecule is COc1ccc(CC(=O)Nc2ccc(Nc3c(C)cc(C)cc3C)nc2)cc1. The number of benzene rings is 2. The molecule has 1 aromatic heterocycles. The van der Waals surface area contributed by atoms with Gasteiger partial charge in [-0.15, -0.1) is 0 Å². The fraction of sp³-hybridized carbons (Fsp3) is 0.217. The van der Waals surface area contributed by atoms with Crippen molar-refractivity contribution in [3.8, 4) is 5.75 Å². The van der Waals surface area contributed by atoms with Gasteiger partial charge in [0.25, 0.3) is 0 Å². The number of hydrogen-bond acceptors (Lipinski definition) is 4. The second-order valence-electron chi connectivity index (χ2n) is 6.90. The molecule has 3 aromatic rings. The molecule has 144 valence electrons. The Bertz CT molecular complexity index is 941. The van der Waals surface area contributed by atoms with Crippen molar-refractivity contribution in [2.24, 2.45) is 0 Å². The number of rotatable bonds is 6. The highest BCUT2D eigenvalue weighted by Crippen LogP contribution is 2.25. The van der Waals surface area contributed by atoms with Gasteiger partial charge in [0.2, 0.25) is 5.91 Å². The van der Waals surface area contributed by atoms with Gasteiger partial charge in [-0.2, -0.15) is 0 Å². The number of nitrogens with zero attached hydrogens (tertiary/aromatic N) is 1.